The van der Waals surface area contributed by atoms with Crippen LogP contribution in [0, 0.1) is 5.82 Å². The van der Waals surface area contributed by atoms with Gasteiger partial charge in [-0.05, 0) is 18.2 Å². The number of hydrogen-bond donors (Lipinski definition) is 2. The number of ketones is 1. The molecule has 16 heavy (non-hydrogen) atoms. The Bertz CT molecular complexity index is 418. The number of carbonyl (C=O) groups is 2. The first-order valence-electron chi connectivity index (χ1n) is 4.76. The van der Waals surface area contributed by atoms with E-state index >= 15 is 0 Å². The summed E-state index contributed by atoms with van der Waals surface area (Å²) in [6.45, 7) is 0.987. The molecule has 86 valence electrons. The van der Waals surface area contributed by atoms with Crippen LogP contribution in [-0.4, -0.2) is 23.4 Å². The molecule has 0 atom stereocenters. The van der Waals surface area contributed by atoms with E-state index in [1.165, 1.54) is 13.0 Å². The highest BCUT2D eigenvalue weighted by Crippen LogP contribution is 2.18. The third-order valence-corrected chi connectivity index (χ3v) is 1.93. The van der Waals surface area contributed by atoms with Crippen LogP contribution in [0.1, 0.15) is 23.7 Å². The molecule has 0 aliphatic carbocycles. The molecule has 0 bridgehead atoms. The fourth-order valence-corrected chi connectivity index (χ4v) is 1.29. The van der Waals surface area contributed by atoms with E-state index < -0.39 is 5.82 Å². The Balaban J connectivity index is 3.06. The number of aliphatic hydroxyl groups is 1. The molecule has 4 nitrogen and oxygen atoms in total. The molecule has 0 saturated heterocycles. The van der Waals surface area contributed by atoms with Crippen molar-refractivity contribution in [2.75, 3.05) is 11.9 Å². The SMILES string of the molecule is CC(=O)Nc1cc(F)ccc1C(=O)CCO. The molecule has 0 aromatic heterocycles. The van der Waals surface area contributed by atoms with Crippen LogP contribution < -0.4 is 5.32 Å². The normalized spacial score (nSPS) is 9.94. The minimum Gasteiger partial charge on any atom is -0.396 e. The first-order chi connectivity index (χ1) is 7.54. The van der Waals surface area contributed by atoms with E-state index in [-0.39, 0.29) is 36.0 Å². The summed E-state index contributed by atoms with van der Waals surface area (Å²) in [5, 5.41) is 11.0. The van der Waals surface area contributed by atoms with Crippen LogP contribution in [0.4, 0.5) is 10.1 Å². The van der Waals surface area contributed by atoms with Gasteiger partial charge in [-0.15, -0.1) is 0 Å². The summed E-state index contributed by atoms with van der Waals surface area (Å²) >= 11 is 0. The molecule has 2 N–H and O–H groups in total. The first-order valence-corrected chi connectivity index (χ1v) is 4.76. The molecule has 1 aromatic carbocycles. The molecule has 0 saturated carbocycles. The number of rotatable bonds is 4. The van der Waals surface area contributed by atoms with Gasteiger partial charge in [-0.2, -0.15) is 0 Å². The fourth-order valence-electron chi connectivity index (χ4n) is 1.29. The predicted molar refractivity (Wildman–Crippen MR) is 56.7 cm³/mol. The van der Waals surface area contributed by atoms with E-state index in [9.17, 15) is 14.0 Å². The van der Waals surface area contributed by atoms with Gasteiger partial charge in [-0.25, -0.2) is 4.39 Å². The van der Waals surface area contributed by atoms with Crippen LogP contribution >= 0.6 is 0 Å². The molecule has 0 spiro atoms. The lowest BCUT2D eigenvalue weighted by Crippen LogP contribution is -2.12. The molecule has 0 unspecified atom stereocenters. The maximum absolute atomic E-state index is 12.9. The van der Waals surface area contributed by atoms with Gasteiger partial charge < -0.3 is 10.4 Å². The molecule has 0 aliphatic heterocycles. The van der Waals surface area contributed by atoms with Gasteiger partial charge in [0.05, 0.1) is 12.3 Å². The predicted octanol–water partition coefficient (Wildman–Crippen LogP) is 1.35. The van der Waals surface area contributed by atoms with Gasteiger partial charge >= 0.3 is 0 Å². The number of nitrogens with one attached hydrogen (secondary N) is 1. The van der Waals surface area contributed by atoms with E-state index in [0.717, 1.165) is 12.1 Å². The van der Waals surface area contributed by atoms with Gasteiger partial charge in [0.15, 0.2) is 5.78 Å². The lowest BCUT2D eigenvalue weighted by molar-refractivity contribution is -0.114. The summed E-state index contributed by atoms with van der Waals surface area (Å²) in [5.74, 6) is -1.26. The number of Topliss-reactive ketones (excluding diaryl/α,β-unsaturated/α-hetero) is 1. The molecule has 5 heteroatoms. The second kappa shape index (κ2) is 5.37. The highest BCUT2D eigenvalue weighted by atomic mass is 19.1. The van der Waals surface area contributed by atoms with Crippen molar-refractivity contribution >= 4 is 17.4 Å². The number of anilines is 1. The van der Waals surface area contributed by atoms with Crippen molar-refractivity contribution in [3.05, 3.63) is 29.6 Å². The van der Waals surface area contributed by atoms with E-state index in [2.05, 4.69) is 5.32 Å². The zero-order valence-electron chi connectivity index (χ0n) is 8.79. The van der Waals surface area contributed by atoms with Gasteiger partial charge in [0, 0.05) is 18.9 Å². The topological polar surface area (TPSA) is 66.4 Å². The number of benzene rings is 1. The van der Waals surface area contributed by atoms with Gasteiger partial charge in [0.25, 0.3) is 0 Å². The molecular formula is C11H12FNO3. The summed E-state index contributed by atoms with van der Waals surface area (Å²) < 4.78 is 12.9. The highest BCUT2D eigenvalue weighted by Gasteiger charge is 2.12. The molecule has 0 aliphatic rings. The minimum absolute atomic E-state index is 0.0573. The van der Waals surface area contributed by atoms with E-state index in [1.54, 1.807) is 0 Å². The quantitative estimate of drug-likeness (QED) is 0.760. The van der Waals surface area contributed by atoms with Crippen molar-refractivity contribution in [2.45, 2.75) is 13.3 Å². The van der Waals surface area contributed by atoms with Crippen LogP contribution in [0.2, 0.25) is 0 Å². The maximum atomic E-state index is 12.9. The third-order valence-electron chi connectivity index (χ3n) is 1.93. The lowest BCUT2D eigenvalue weighted by atomic mass is 10.1. The molecule has 1 amide bonds. The number of carbonyl (C=O) groups excluding carboxylic acids is 2. The summed E-state index contributed by atoms with van der Waals surface area (Å²) in [6, 6.07) is 3.50. The van der Waals surface area contributed by atoms with Crippen LogP contribution in [-0.2, 0) is 4.79 Å². The van der Waals surface area contributed by atoms with Crippen LogP contribution in [0.15, 0.2) is 18.2 Å². The standard InChI is InChI=1S/C11H12FNO3/c1-7(15)13-10-6-8(12)2-3-9(10)11(16)4-5-14/h2-3,6,14H,4-5H2,1H3,(H,13,15). The summed E-state index contributed by atoms with van der Waals surface area (Å²) in [4.78, 5) is 22.4. The Morgan fingerprint density at radius 2 is 2.12 bits per heavy atom. The number of halogens is 1. The number of hydrogen-bond acceptors (Lipinski definition) is 3. The smallest absolute Gasteiger partial charge is 0.221 e. The first kappa shape index (κ1) is 12.3. The lowest BCUT2D eigenvalue weighted by Gasteiger charge is -2.08. The van der Waals surface area contributed by atoms with E-state index in [0.29, 0.717) is 0 Å². The Hall–Kier alpha value is -1.75. The van der Waals surface area contributed by atoms with Gasteiger partial charge in [0.1, 0.15) is 5.82 Å². The minimum atomic E-state index is -0.538. The molecule has 0 heterocycles. The highest BCUT2D eigenvalue weighted by molar-refractivity contribution is 6.04. The number of aliphatic hydroxyl groups excluding tert-OH is 1. The van der Waals surface area contributed by atoms with Crippen LogP contribution in [0.5, 0.6) is 0 Å². The second-order valence-corrected chi connectivity index (χ2v) is 3.27. The Morgan fingerprint density at radius 3 is 2.69 bits per heavy atom. The summed E-state index contributed by atoms with van der Waals surface area (Å²) in [5.41, 5.74) is 0.330. The van der Waals surface area contributed by atoms with Crippen molar-refractivity contribution in [2.24, 2.45) is 0 Å². The second-order valence-electron chi connectivity index (χ2n) is 3.27. The van der Waals surface area contributed by atoms with Gasteiger partial charge in [0.2, 0.25) is 5.91 Å². The Kier molecular flexibility index (Phi) is 4.13. The third kappa shape index (κ3) is 3.13. The molecule has 1 rings (SSSR count). The Morgan fingerprint density at radius 1 is 1.44 bits per heavy atom. The van der Waals surface area contributed by atoms with E-state index in [4.69, 9.17) is 5.11 Å². The van der Waals surface area contributed by atoms with Gasteiger partial charge in [-0.1, -0.05) is 0 Å². The zero-order chi connectivity index (χ0) is 12.1. The van der Waals surface area contributed by atoms with Crippen LogP contribution in [0.25, 0.3) is 0 Å². The largest absolute Gasteiger partial charge is 0.396 e. The average Bonchev–Trinajstić information content (AvgIpc) is 2.16. The maximum Gasteiger partial charge on any atom is 0.221 e. The zero-order valence-corrected chi connectivity index (χ0v) is 8.79. The monoisotopic (exact) mass is 225 g/mol. The van der Waals surface area contributed by atoms with E-state index in [1.807, 2.05) is 0 Å². The Labute approximate surface area is 92.1 Å². The summed E-state index contributed by atoms with van der Waals surface area (Å²) in [7, 11) is 0. The fraction of sp³-hybridized carbons (Fsp3) is 0.273. The average molecular weight is 225 g/mol. The molecule has 1 aromatic rings. The molecular weight excluding hydrogens is 213 g/mol. The molecule has 0 radical (unpaired) electrons. The van der Waals surface area contributed by atoms with Crippen molar-refractivity contribution in [1.82, 2.24) is 0 Å². The molecule has 0 fully saturated rings. The van der Waals surface area contributed by atoms with Crippen molar-refractivity contribution in [3.8, 4) is 0 Å². The number of amides is 1. The van der Waals surface area contributed by atoms with Crippen molar-refractivity contribution in [1.29, 1.82) is 0 Å². The summed E-state index contributed by atoms with van der Waals surface area (Å²) in [6.07, 6.45) is -0.0573. The van der Waals surface area contributed by atoms with Crippen LogP contribution in [0.3, 0.4) is 0 Å². The van der Waals surface area contributed by atoms with Crippen molar-refractivity contribution < 1.29 is 19.1 Å². The van der Waals surface area contributed by atoms with Crippen molar-refractivity contribution in [3.63, 3.8) is 0 Å². The van der Waals surface area contributed by atoms with Gasteiger partial charge in [-0.3, -0.25) is 9.59 Å².